The summed E-state index contributed by atoms with van der Waals surface area (Å²) in [7, 11) is 1.61. The zero-order chi connectivity index (χ0) is 17.2. The molecule has 0 aliphatic carbocycles. The van der Waals surface area contributed by atoms with E-state index in [1.165, 1.54) is 11.3 Å². The molecule has 2 N–H and O–H groups in total. The summed E-state index contributed by atoms with van der Waals surface area (Å²) in [4.78, 5) is 16.5. The monoisotopic (exact) mass is 354 g/mol. The maximum absolute atomic E-state index is 12.1. The lowest BCUT2D eigenvalue weighted by Gasteiger charge is -2.03. The second-order valence-electron chi connectivity index (χ2n) is 5.29. The van der Waals surface area contributed by atoms with E-state index in [1.807, 2.05) is 42.5 Å². The number of ether oxygens (including phenoxy) is 1. The van der Waals surface area contributed by atoms with Crippen LogP contribution in [-0.2, 0) is 6.54 Å². The van der Waals surface area contributed by atoms with Crippen molar-refractivity contribution in [3.63, 3.8) is 0 Å². The predicted octanol–water partition coefficient (Wildman–Crippen LogP) is 3.77. The molecular formula is C17H14N4O3S. The first-order valence-electron chi connectivity index (χ1n) is 7.55. The minimum absolute atomic E-state index is 0.265. The van der Waals surface area contributed by atoms with Gasteiger partial charge in [-0.05, 0) is 30.3 Å². The van der Waals surface area contributed by atoms with Gasteiger partial charge in [0, 0.05) is 5.39 Å². The number of amides is 2. The quantitative estimate of drug-likeness (QED) is 0.582. The van der Waals surface area contributed by atoms with Crippen molar-refractivity contribution in [2.24, 2.45) is 0 Å². The zero-order valence-electron chi connectivity index (χ0n) is 13.3. The first-order valence-corrected chi connectivity index (χ1v) is 8.37. The van der Waals surface area contributed by atoms with Gasteiger partial charge in [-0.2, -0.15) is 0 Å². The van der Waals surface area contributed by atoms with Crippen LogP contribution in [0, 0.1) is 0 Å². The highest BCUT2D eigenvalue weighted by molar-refractivity contribution is 7.22. The maximum Gasteiger partial charge on any atom is 0.321 e. The molecule has 0 bridgehead atoms. The van der Waals surface area contributed by atoms with Crippen molar-refractivity contribution in [3.8, 4) is 5.75 Å². The summed E-state index contributed by atoms with van der Waals surface area (Å²) in [5.74, 6) is 0.755. The summed E-state index contributed by atoms with van der Waals surface area (Å²) in [5.41, 5.74) is 2.18. The van der Waals surface area contributed by atoms with Gasteiger partial charge in [0.2, 0.25) is 0 Å². The van der Waals surface area contributed by atoms with Gasteiger partial charge in [-0.25, -0.2) is 9.78 Å². The van der Waals surface area contributed by atoms with Gasteiger partial charge in [-0.15, -0.1) is 0 Å². The lowest BCUT2D eigenvalue weighted by molar-refractivity contribution is 0.251. The van der Waals surface area contributed by atoms with Gasteiger partial charge in [0.25, 0.3) is 0 Å². The molecule has 0 saturated heterocycles. The topological polar surface area (TPSA) is 89.3 Å². The maximum atomic E-state index is 12.1. The van der Waals surface area contributed by atoms with E-state index >= 15 is 0 Å². The number of carbonyl (C=O) groups excluding carboxylic acids is 1. The molecule has 2 aromatic carbocycles. The summed E-state index contributed by atoms with van der Waals surface area (Å²) < 4.78 is 11.4. The van der Waals surface area contributed by atoms with Crippen molar-refractivity contribution in [3.05, 3.63) is 48.2 Å². The largest absolute Gasteiger partial charge is 0.497 e. The third kappa shape index (κ3) is 3.11. The molecule has 0 saturated carbocycles. The highest BCUT2D eigenvalue weighted by Gasteiger charge is 2.11. The van der Waals surface area contributed by atoms with Crippen molar-refractivity contribution in [2.75, 3.05) is 12.4 Å². The van der Waals surface area contributed by atoms with Gasteiger partial charge in [0.05, 0.1) is 23.9 Å². The zero-order valence-corrected chi connectivity index (χ0v) is 14.1. The van der Waals surface area contributed by atoms with Gasteiger partial charge >= 0.3 is 6.03 Å². The Kier molecular flexibility index (Phi) is 3.95. The molecule has 0 unspecified atom stereocenters. The summed E-state index contributed by atoms with van der Waals surface area (Å²) in [5, 5.41) is 10.9. The van der Waals surface area contributed by atoms with Crippen LogP contribution in [0.15, 0.2) is 47.0 Å². The number of hydrogen-bond acceptors (Lipinski definition) is 6. The summed E-state index contributed by atoms with van der Waals surface area (Å²) in [6, 6.07) is 12.7. The Balaban J connectivity index is 1.43. The number of methoxy groups -OCH3 is 1. The van der Waals surface area contributed by atoms with Crippen molar-refractivity contribution < 1.29 is 14.1 Å². The molecule has 4 aromatic rings. The van der Waals surface area contributed by atoms with E-state index in [1.54, 1.807) is 7.11 Å². The van der Waals surface area contributed by atoms with Crippen molar-refractivity contribution >= 4 is 43.7 Å². The fourth-order valence-corrected chi connectivity index (χ4v) is 3.35. The molecule has 2 heterocycles. The fraction of sp³-hybridized carbons (Fsp3) is 0.118. The van der Waals surface area contributed by atoms with Crippen LogP contribution in [0.3, 0.4) is 0 Å². The highest BCUT2D eigenvalue weighted by atomic mass is 32.1. The summed E-state index contributed by atoms with van der Waals surface area (Å²) in [6.45, 7) is 0.265. The standard InChI is InChI=1S/C17H14N4O3S/c1-23-10-6-7-12-15(8-10)25-17(19-12)20-16(22)18-9-13-11-4-2-3-5-14(11)24-21-13/h2-8H,9H2,1H3,(H2,18,19,20,22). The number of hydrogen-bond donors (Lipinski definition) is 2. The number of rotatable bonds is 4. The molecule has 0 fully saturated rings. The second kappa shape index (κ2) is 6.40. The Hall–Kier alpha value is -3.13. The molecule has 0 atom stereocenters. The van der Waals surface area contributed by atoms with Crippen LogP contribution in [0.4, 0.5) is 9.93 Å². The molecule has 0 aliphatic heterocycles. The number of nitrogens with one attached hydrogen (secondary N) is 2. The van der Waals surface area contributed by atoms with Crippen molar-refractivity contribution in [1.29, 1.82) is 0 Å². The molecule has 7 nitrogen and oxygen atoms in total. The van der Waals surface area contributed by atoms with E-state index in [-0.39, 0.29) is 12.6 Å². The van der Waals surface area contributed by atoms with Gasteiger partial charge in [0.1, 0.15) is 11.4 Å². The molecule has 2 amide bonds. The molecule has 0 spiro atoms. The van der Waals surface area contributed by atoms with Crippen LogP contribution in [-0.4, -0.2) is 23.3 Å². The predicted molar refractivity (Wildman–Crippen MR) is 96.0 cm³/mol. The van der Waals surface area contributed by atoms with E-state index in [0.29, 0.717) is 16.4 Å². The number of aromatic nitrogens is 2. The smallest absolute Gasteiger partial charge is 0.321 e. The molecule has 126 valence electrons. The van der Waals surface area contributed by atoms with E-state index in [0.717, 1.165) is 21.4 Å². The Labute approximate surface area is 146 Å². The molecule has 2 aromatic heterocycles. The van der Waals surface area contributed by atoms with E-state index < -0.39 is 0 Å². The minimum Gasteiger partial charge on any atom is -0.497 e. The number of urea groups is 1. The highest BCUT2D eigenvalue weighted by Crippen LogP contribution is 2.29. The van der Waals surface area contributed by atoms with E-state index in [9.17, 15) is 4.79 Å². The number of carbonyl (C=O) groups is 1. The Morgan fingerprint density at radius 1 is 1.28 bits per heavy atom. The van der Waals surface area contributed by atoms with Crippen LogP contribution in [0.25, 0.3) is 21.2 Å². The SMILES string of the molecule is COc1ccc2nc(NC(=O)NCc3noc4ccccc34)sc2c1. The Bertz CT molecular complexity index is 1060. The molecule has 8 heteroatoms. The number of fused-ring (bicyclic) bond motifs is 2. The third-order valence-corrected chi connectivity index (χ3v) is 4.62. The number of benzene rings is 2. The molecular weight excluding hydrogens is 340 g/mol. The molecule has 0 aliphatic rings. The van der Waals surface area contributed by atoms with Crippen LogP contribution in [0.5, 0.6) is 5.75 Å². The van der Waals surface area contributed by atoms with E-state index in [2.05, 4.69) is 20.8 Å². The van der Waals surface area contributed by atoms with Crippen LogP contribution >= 0.6 is 11.3 Å². The van der Waals surface area contributed by atoms with Crippen LogP contribution < -0.4 is 15.4 Å². The third-order valence-electron chi connectivity index (χ3n) is 3.68. The van der Waals surface area contributed by atoms with Crippen molar-refractivity contribution in [1.82, 2.24) is 15.5 Å². The summed E-state index contributed by atoms with van der Waals surface area (Å²) >= 11 is 1.38. The first-order chi connectivity index (χ1) is 12.2. The molecule has 25 heavy (non-hydrogen) atoms. The van der Waals surface area contributed by atoms with Crippen molar-refractivity contribution in [2.45, 2.75) is 6.54 Å². The first kappa shape index (κ1) is 15.4. The number of anilines is 1. The Morgan fingerprint density at radius 3 is 3.04 bits per heavy atom. The lowest BCUT2D eigenvalue weighted by atomic mass is 10.2. The average molecular weight is 354 g/mol. The Morgan fingerprint density at radius 2 is 2.16 bits per heavy atom. The van der Waals surface area contributed by atoms with Gasteiger partial charge in [0.15, 0.2) is 10.7 Å². The normalized spacial score (nSPS) is 10.9. The molecule has 4 rings (SSSR count). The summed E-state index contributed by atoms with van der Waals surface area (Å²) in [6.07, 6.45) is 0. The average Bonchev–Trinajstić information content (AvgIpc) is 3.22. The minimum atomic E-state index is -0.349. The fourth-order valence-electron chi connectivity index (χ4n) is 2.46. The molecule has 0 radical (unpaired) electrons. The second-order valence-corrected chi connectivity index (χ2v) is 6.32. The van der Waals surface area contributed by atoms with Gasteiger partial charge in [-0.1, -0.05) is 28.6 Å². The van der Waals surface area contributed by atoms with Gasteiger partial charge < -0.3 is 14.6 Å². The van der Waals surface area contributed by atoms with Gasteiger partial charge in [-0.3, -0.25) is 5.32 Å². The van der Waals surface area contributed by atoms with E-state index in [4.69, 9.17) is 9.26 Å². The van der Waals surface area contributed by atoms with Crippen LogP contribution in [0.1, 0.15) is 5.69 Å². The number of thiazole rings is 1. The lowest BCUT2D eigenvalue weighted by Crippen LogP contribution is -2.28. The van der Waals surface area contributed by atoms with Crippen LogP contribution in [0.2, 0.25) is 0 Å². The number of para-hydroxylation sites is 1. The number of nitrogens with zero attached hydrogens (tertiary/aromatic N) is 2.